The van der Waals surface area contributed by atoms with Crippen LogP contribution in [0, 0.1) is 5.92 Å². The lowest BCUT2D eigenvalue weighted by atomic mass is 9.99. The van der Waals surface area contributed by atoms with E-state index in [4.69, 9.17) is 5.73 Å². The van der Waals surface area contributed by atoms with Gasteiger partial charge in [0.05, 0.1) is 0 Å². The number of nitrogens with two attached hydrogens (primary N) is 1. The van der Waals surface area contributed by atoms with Crippen LogP contribution in [-0.4, -0.2) is 24.3 Å². The number of amides is 1. The first-order valence-electron chi connectivity index (χ1n) is 8.03. The summed E-state index contributed by atoms with van der Waals surface area (Å²) in [7, 11) is 0. The number of nitrogens with one attached hydrogen (secondary N) is 1. The summed E-state index contributed by atoms with van der Waals surface area (Å²) < 4.78 is 0. The molecule has 1 amide bonds. The van der Waals surface area contributed by atoms with Crippen molar-refractivity contribution >= 4 is 24.1 Å². The van der Waals surface area contributed by atoms with Crippen molar-refractivity contribution in [3.63, 3.8) is 0 Å². The lowest BCUT2D eigenvalue weighted by Gasteiger charge is -2.08. The zero-order valence-corrected chi connectivity index (χ0v) is 15.1. The first-order valence-corrected chi connectivity index (χ1v) is 8.03. The number of benzene rings is 1. The van der Waals surface area contributed by atoms with Gasteiger partial charge in [0.25, 0.3) is 0 Å². The Morgan fingerprint density at radius 3 is 2.22 bits per heavy atom. The van der Waals surface area contributed by atoms with Crippen molar-refractivity contribution in [1.82, 2.24) is 5.32 Å². The quantitative estimate of drug-likeness (QED) is 0.678. The van der Waals surface area contributed by atoms with Crippen LogP contribution in [0.4, 0.5) is 0 Å². The largest absolute Gasteiger partial charge is 0.356 e. The average molecular weight is 341 g/mol. The summed E-state index contributed by atoms with van der Waals surface area (Å²) in [5, 5.41) is 2.78. The Hall–Kier alpha value is -1.39. The van der Waals surface area contributed by atoms with E-state index in [0.29, 0.717) is 18.0 Å². The second kappa shape index (κ2) is 11.2. The summed E-state index contributed by atoms with van der Waals surface area (Å²) >= 11 is 0. The van der Waals surface area contributed by atoms with E-state index in [-0.39, 0.29) is 43.0 Å². The molecule has 0 heterocycles. The van der Waals surface area contributed by atoms with E-state index in [0.717, 1.165) is 12.8 Å². The van der Waals surface area contributed by atoms with Gasteiger partial charge >= 0.3 is 0 Å². The van der Waals surface area contributed by atoms with E-state index in [9.17, 15) is 9.59 Å². The fourth-order valence-electron chi connectivity index (χ4n) is 2.20. The molecule has 1 aromatic rings. The number of carbonyl (C=O) groups is 2. The fourth-order valence-corrected chi connectivity index (χ4v) is 2.20. The van der Waals surface area contributed by atoms with Gasteiger partial charge in [-0.15, -0.1) is 12.4 Å². The summed E-state index contributed by atoms with van der Waals surface area (Å²) in [4.78, 5) is 23.7. The van der Waals surface area contributed by atoms with Gasteiger partial charge in [0.1, 0.15) is 0 Å². The van der Waals surface area contributed by atoms with Crippen LogP contribution in [0.15, 0.2) is 24.3 Å². The van der Waals surface area contributed by atoms with E-state index >= 15 is 0 Å². The number of halogens is 1. The molecule has 4 nitrogen and oxygen atoms in total. The summed E-state index contributed by atoms with van der Waals surface area (Å²) in [5.74, 6) is 0.519. The molecule has 0 radical (unpaired) electrons. The normalized spacial score (nSPS) is 11.7. The molecule has 1 atom stereocenters. The van der Waals surface area contributed by atoms with E-state index in [1.165, 1.54) is 5.56 Å². The summed E-state index contributed by atoms with van der Waals surface area (Å²) in [6.45, 7) is 6.80. The minimum absolute atomic E-state index is 0. The molecule has 23 heavy (non-hydrogen) atoms. The van der Waals surface area contributed by atoms with Gasteiger partial charge in [0, 0.05) is 31.0 Å². The Morgan fingerprint density at radius 2 is 1.70 bits per heavy atom. The Kier molecular flexibility index (Phi) is 10.5. The standard InChI is InChI=1S/C18H28N2O2.ClH/c1-13(2)12-15-4-6-16(7-5-15)17(21)8-9-18(22)20-11-10-14(3)19;/h4-7,13-14H,8-12,19H2,1-3H3,(H,20,22);1H. The molecule has 0 aliphatic heterocycles. The molecule has 0 aliphatic carbocycles. The molecule has 1 unspecified atom stereocenters. The average Bonchev–Trinajstić information content (AvgIpc) is 2.44. The van der Waals surface area contributed by atoms with Crippen LogP contribution >= 0.6 is 12.4 Å². The molecular weight excluding hydrogens is 312 g/mol. The van der Waals surface area contributed by atoms with Crippen LogP contribution in [0.5, 0.6) is 0 Å². The number of rotatable bonds is 9. The second-order valence-electron chi connectivity index (χ2n) is 6.33. The predicted octanol–water partition coefficient (Wildman–Crippen LogP) is 3.12. The molecule has 3 N–H and O–H groups in total. The van der Waals surface area contributed by atoms with Crippen molar-refractivity contribution in [2.45, 2.75) is 52.5 Å². The van der Waals surface area contributed by atoms with Crippen LogP contribution in [0.1, 0.15) is 56.0 Å². The Bertz CT molecular complexity index is 484. The lowest BCUT2D eigenvalue weighted by molar-refractivity contribution is -0.121. The van der Waals surface area contributed by atoms with Crippen LogP contribution in [0.25, 0.3) is 0 Å². The molecule has 1 rings (SSSR count). The maximum Gasteiger partial charge on any atom is 0.220 e. The van der Waals surface area contributed by atoms with E-state index in [1.54, 1.807) is 0 Å². The second-order valence-corrected chi connectivity index (χ2v) is 6.33. The van der Waals surface area contributed by atoms with Gasteiger partial charge in [-0.1, -0.05) is 38.1 Å². The Labute approximate surface area is 145 Å². The van der Waals surface area contributed by atoms with Gasteiger partial charge in [-0.25, -0.2) is 0 Å². The molecule has 0 saturated carbocycles. The molecule has 0 bridgehead atoms. The molecule has 1 aromatic carbocycles. The van der Waals surface area contributed by atoms with E-state index < -0.39 is 0 Å². The SMILES string of the molecule is CC(C)Cc1ccc(C(=O)CCC(=O)NCCC(C)N)cc1.Cl. The number of Topliss-reactive ketones (excluding diaryl/α,β-unsaturated/α-hetero) is 1. The highest BCUT2D eigenvalue weighted by Crippen LogP contribution is 2.11. The molecule has 0 aromatic heterocycles. The van der Waals surface area contributed by atoms with Crippen molar-refractivity contribution in [2.75, 3.05) is 6.54 Å². The fraction of sp³-hybridized carbons (Fsp3) is 0.556. The van der Waals surface area contributed by atoms with Crippen LogP contribution in [0.3, 0.4) is 0 Å². The third-order valence-electron chi connectivity index (χ3n) is 3.42. The van der Waals surface area contributed by atoms with Crippen LogP contribution in [0.2, 0.25) is 0 Å². The zero-order valence-electron chi connectivity index (χ0n) is 14.3. The third kappa shape index (κ3) is 9.36. The van der Waals surface area contributed by atoms with Gasteiger partial charge in [-0.3, -0.25) is 9.59 Å². The van der Waals surface area contributed by atoms with E-state index in [2.05, 4.69) is 19.2 Å². The van der Waals surface area contributed by atoms with Gasteiger partial charge in [-0.05, 0) is 31.2 Å². The Morgan fingerprint density at radius 1 is 1.09 bits per heavy atom. The molecule has 130 valence electrons. The van der Waals surface area contributed by atoms with Crippen molar-refractivity contribution in [1.29, 1.82) is 0 Å². The van der Waals surface area contributed by atoms with Crippen molar-refractivity contribution in [3.05, 3.63) is 35.4 Å². The highest BCUT2D eigenvalue weighted by atomic mass is 35.5. The first kappa shape index (κ1) is 21.6. The van der Waals surface area contributed by atoms with Gasteiger partial charge in [0.15, 0.2) is 5.78 Å². The monoisotopic (exact) mass is 340 g/mol. The van der Waals surface area contributed by atoms with Crippen molar-refractivity contribution in [3.8, 4) is 0 Å². The predicted molar refractivity (Wildman–Crippen MR) is 97.1 cm³/mol. The molecule has 0 saturated heterocycles. The first-order chi connectivity index (χ1) is 10.4. The molecular formula is C18H29ClN2O2. The highest BCUT2D eigenvalue weighted by molar-refractivity contribution is 5.97. The van der Waals surface area contributed by atoms with Gasteiger partial charge in [0.2, 0.25) is 5.91 Å². The smallest absolute Gasteiger partial charge is 0.220 e. The maximum absolute atomic E-state index is 12.1. The number of hydrogen-bond donors (Lipinski definition) is 2. The zero-order chi connectivity index (χ0) is 16.5. The molecule has 5 heteroatoms. The molecule has 0 aliphatic rings. The Balaban J connectivity index is 0.00000484. The molecule has 0 spiro atoms. The summed E-state index contributed by atoms with van der Waals surface area (Å²) in [6, 6.07) is 7.78. The van der Waals surface area contributed by atoms with Crippen LogP contribution in [-0.2, 0) is 11.2 Å². The van der Waals surface area contributed by atoms with Gasteiger partial charge in [-0.2, -0.15) is 0 Å². The van der Waals surface area contributed by atoms with Crippen molar-refractivity contribution in [2.24, 2.45) is 11.7 Å². The van der Waals surface area contributed by atoms with Crippen molar-refractivity contribution < 1.29 is 9.59 Å². The minimum Gasteiger partial charge on any atom is -0.356 e. The van der Waals surface area contributed by atoms with E-state index in [1.807, 2.05) is 31.2 Å². The number of hydrogen-bond acceptors (Lipinski definition) is 3. The lowest BCUT2D eigenvalue weighted by Crippen LogP contribution is -2.29. The number of carbonyl (C=O) groups excluding carboxylic acids is 2. The third-order valence-corrected chi connectivity index (χ3v) is 3.42. The maximum atomic E-state index is 12.1. The topological polar surface area (TPSA) is 72.2 Å². The van der Waals surface area contributed by atoms with Gasteiger partial charge < -0.3 is 11.1 Å². The minimum atomic E-state index is -0.0922. The molecule has 0 fully saturated rings. The summed E-state index contributed by atoms with van der Waals surface area (Å²) in [5.41, 5.74) is 7.53. The van der Waals surface area contributed by atoms with Crippen LogP contribution < -0.4 is 11.1 Å². The summed E-state index contributed by atoms with van der Waals surface area (Å²) in [6.07, 6.45) is 2.23. The number of ketones is 1. The highest BCUT2D eigenvalue weighted by Gasteiger charge is 2.09.